The van der Waals surface area contributed by atoms with Gasteiger partial charge in [-0.1, -0.05) is 141 Å². The van der Waals surface area contributed by atoms with E-state index in [4.69, 9.17) is 0 Å². The summed E-state index contributed by atoms with van der Waals surface area (Å²) in [6, 6.07) is 11.2. The maximum absolute atomic E-state index is 13.8. The summed E-state index contributed by atoms with van der Waals surface area (Å²) >= 11 is 29.8. The molecule has 0 saturated heterocycles. The predicted molar refractivity (Wildman–Crippen MR) is 522 cm³/mol. The molecule has 0 bridgehead atoms. The summed E-state index contributed by atoms with van der Waals surface area (Å²) in [6.45, 7) is 36.9. The Morgan fingerprint density at radius 3 is 1.14 bits per heavy atom. The molecular formula is C99H117Br9F9N9. The van der Waals surface area contributed by atoms with Crippen LogP contribution in [0.3, 0.4) is 0 Å². The lowest BCUT2D eigenvalue weighted by Crippen LogP contribution is -2.02. The summed E-state index contributed by atoms with van der Waals surface area (Å²) in [4.78, 5) is 38.1. The van der Waals surface area contributed by atoms with Crippen molar-refractivity contribution in [2.24, 2.45) is 0 Å². The second-order valence-electron chi connectivity index (χ2n) is 37.4. The lowest BCUT2D eigenvalue weighted by molar-refractivity contribution is 0.561. The van der Waals surface area contributed by atoms with Crippen molar-refractivity contribution in [1.82, 2.24) is 44.9 Å². The van der Waals surface area contributed by atoms with Crippen molar-refractivity contribution in [1.29, 1.82) is 0 Å². The Morgan fingerprint density at radius 2 is 0.651 bits per heavy atom. The molecular weight excluding hydrogens is 2210 g/mol. The molecule has 9 fully saturated rings. The van der Waals surface area contributed by atoms with Crippen molar-refractivity contribution < 1.29 is 39.5 Å². The van der Waals surface area contributed by atoms with Gasteiger partial charge < -0.3 is 0 Å². The molecule has 9 aliphatic rings. The third kappa shape index (κ3) is 29.3. The second kappa shape index (κ2) is 46.3. The highest BCUT2D eigenvalue weighted by Gasteiger charge is 2.37. The monoisotopic (exact) mass is 2310 g/mol. The first-order valence-electron chi connectivity index (χ1n) is 44.6. The minimum absolute atomic E-state index is 0.105. The van der Waals surface area contributed by atoms with Gasteiger partial charge in [0.2, 0.25) is 17.8 Å². The lowest BCUT2D eigenvalue weighted by atomic mass is 10.00. The lowest BCUT2D eigenvalue weighted by Gasteiger charge is -2.13. The molecule has 0 amide bonds. The maximum Gasteiger partial charge on any atom is 0.227 e. The van der Waals surface area contributed by atoms with E-state index in [2.05, 4.69) is 271 Å². The average molecular weight is 2320 g/mol. The highest BCUT2D eigenvalue weighted by molar-refractivity contribution is 9.12. The van der Waals surface area contributed by atoms with Crippen molar-refractivity contribution in [3.63, 3.8) is 0 Å². The van der Waals surface area contributed by atoms with E-state index in [-0.39, 0.29) is 70.5 Å². The minimum Gasteiger partial charge on any atom is -0.259 e. The molecule has 0 N–H and O–H groups in total. The zero-order chi connectivity index (χ0) is 92.6. The molecule has 9 aromatic heterocycles. The number of halogens is 18. The van der Waals surface area contributed by atoms with Crippen LogP contribution in [0.4, 0.5) is 39.5 Å². The Morgan fingerprint density at radius 1 is 0.246 bits per heavy atom. The van der Waals surface area contributed by atoms with E-state index in [0.717, 1.165) is 136 Å². The van der Waals surface area contributed by atoms with Gasteiger partial charge in [0.05, 0.1) is 63.9 Å². The van der Waals surface area contributed by atoms with Crippen LogP contribution >= 0.6 is 143 Å². The minimum atomic E-state index is -0.391. The highest BCUT2D eigenvalue weighted by atomic mass is 79.9. The number of rotatable bonds is 18. The standard InChI is InChI=1S/9C11H13BrFN/c1-6(2)11-9(7-3-4-7)10(12)8(13)5-14-11;1-6(2)11-9(7-3-4-7)10(13)8(12)5-14-11;1-6(2)11-10(7-3-4-7)8(12)5-9(13)14-11;1-6(2)10-9(13)5-8(12)11(14-10)7-3-4-7;1-6(2)10-8(12)5-9(13)11(14-10)7-3-4-7;1-6(2)11-10(12)8(13)5-9(14-11)7-3-4-7;1-6(2)11-10(12)8(7-3-4-7)5-9(13)14-11;1-6(2)10-8(7-3-4-7)5-9(13)11(12)14-10;1-6(2)10-8(7-3-4-7)5-9(12)11(13)14-10/h9*5-7H,3-4H2,1-2H3. The van der Waals surface area contributed by atoms with Crippen molar-refractivity contribution in [2.75, 3.05) is 0 Å². The van der Waals surface area contributed by atoms with Crippen LogP contribution in [-0.4, -0.2) is 44.9 Å². The molecule has 0 atom stereocenters. The molecule has 9 aliphatic carbocycles. The van der Waals surface area contributed by atoms with E-state index in [1.165, 1.54) is 100 Å². The first kappa shape index (κ1) is 104. The summed E-state index contributed by atoms with van der Waals surface area (Å²) in [5.74, 6) is 5.11. The number of pyridine rings is 9. The van der Waals surface area contributed by atoms with E-state index < -0.39 is 5.95 Å². The fraction of sp³-hybridized carbons (Fsp3) is 0.545. The Balaban J connectivity index is 0.000000148. The van der Waals surface area contributed by atoms with E-state index in [1.54, 1.807) is 36.5 Å². The topological polar surface area (TPSA) is 116 Å². The molecule has 9 saturated carbocycles. The highest BCUT2D eigenvalue weighted by Crippen LogP contribution is 2.52. The van der Waals surface area contributed by atoms with Crippen molar-refractivity contribution in [3.05, 3.63) is 250 Å². The van der Waals surface area contributed by atoms with Gasteiger partial charge in [0.1, 0.15) is 27.9 Å². The Kier molecular flexibility index (Phi) is 38.3. The molecule has 9 aromatic rings. The molecule has 9 nitrogen and oxygen atoms in total. The summed E-state index contributed by atoms with van der Waals surface area (Å²) in [6.07, 6.45) is 23.9. The van der Waals surface area contributed by atoms with Crippen LogP contribution in [-0.2, 0) is 0 Å². The molecule has 0 aromatic carbocycles. The maximum atomic E-state index is 13.8. The van der Waals surface area contributed by atoms with Crippen LogP contribution in [0.1, 0.15) is 448 Å². The molecule has 0 unspecified atom stereocenters. The molecule has 0 spiro atoms. The fourth-order valence-corrected chi connectivity index (χ4v) is 20.0. The van der Waals surface area contributed by atoms with E-state index >= 15 is 0 Å². The normalized spacial score (nSPS) is 16.4. The van der Waals surface area contributed by atoms with Crippen LogP contribution in [0.25, 0.3) is 0 Å². The largest absolute Gasteiger partial charge is 0.259 e. The van der Waals surface area contributed by atoms with Gasteiger partial charge in [0.15, 0.2) is 11.6 Å². The van der Waals surface area contributed by atoms with Gasteiger partial charge in [0, 0.05) is 81.9 Å². The first-order chi connectivity index (χ1) is 59.4. The van der Waals surface area contributed by atoms with Crippen LogP contribution in [0.15, 0.2) is 95.2 Å². The summed E-state index contributed by atoms with van der Waals surface area (Å²) in [5, 5.41) is 0. The molecule has 0 radical (unpaired) electrons. The quantitative estimate of drug-likeness (QED) is 0.0612. The molecule has 126 heavy (non-hydrogen) atoms. The van der Waals surface area contributed by atoms with E-state index in [1.807, 2.05) is 47.6 Å². The summed E-state index contributed by atoms with van der Waals surface area (Å²) in [7, 11) is 0. The van der Waals surface area contributed by atoms with Crippen molar-refractivity contribution in [2.45, 2.75) is 347 Å². The third-order valence-electron chi connectivity index (χ3n) is 22.8. The third-order valence-corrected chi connectivity index (χ3v) is 28.9. The number of hydrogen-bond acceptors (Lipinski definition) is 9. The summed E-state index contributed by atoms with van der Waals surface area (Å²) in [5.41, 5.74) is 17.3. The number of nitrogens with zero attached hydrogens (tertiary/aromatic N) is 9. The average Bonchev–Trinajstić information content (AvgIpc) is 1.66. The second-order valence-corrected chi connectivity index (χ2v) is 44.8. The van der Waals surface area contributed by atoms with Gasteiger partial charge in [-0.25, -0.2) is 46.3 Å². The van der Waals surface area contributed by atoms with Gasteiger partial charge in [-0.3, -0.25) is 24.9 Å². The number of hydrogen-bond donors (Lipinski definition) is 0. The zero-order valence-corrected chi connectivity index (χ0v) is 89.4. The molecule has 0 aliphatic heterocycles. The van der Waals surface area contributed by atoms with Crippen LogP contribution in [0.2, 0.25) is 0 Å². The molecule has 9 heterocycles. The van der Waals surface area contributed by atoms with Crippen LogP contribution < -0.4 is 0 Å². The van der Waals surface area contributed by atoms with E-state index in [9.17, 15) is 39.5 Å². The van der Waals surface area contributed by atoms with Gasteiger partial charge in [-0.2, -0.15) is 13.2 Å². The Hall–Kier alpha value is -3.96. The fourth-order valence-electron chi connectivity index (χ4n) is 14.7. The van der Waals surface area contributed by atoms with E-state index in [0.29, 0.717) is 117 Å². The number of aromatic nitrogens is 9. The SMILES string of the molecule is CC(C)c1nc(Br)c(F)cc1C1CC1.CC(C)c1nc(C2CC2)c(Br)cc1F.CC(C)c1nc(C2CC2)c(F)cc1Br.CC(C)c1nc(C2CC2)cc(F)c1Br.CC(C)c1nc(F)c(Br)cc1C1CC1.CC(C)c1nc(F)cc(Br)c1C1CC1.CC(C)c1nc(F)cc(C2CC2)c1Br.CC(C)c1ncc(Br)c(F)c1C1CC1.CC(C)c1ncc(F)c(Br)c1C1CC1. The summed E-state index contributed by atoms with van der Waals surface area (Å²) < 4.78 is 126. The first-order valence-corrected chi connectivity index (χ1v) is 51.7. The molecule has 27 heteroatoms. The van der Waals surface area contributed by atoms with Crippen molar-refractivity contribution >= 4 is 143 Å². The Bertz CT molecular complexity index is 4910. The van der Waals surface area contributed by atoms with Crippen molar-refractivity contribution in [3.8, 4) is 0 Å². The predicted octanol–water partition coefficient (Wildman–Crippen LogP) is 35.9. The van der Waals surface area contributed by atoms with Gasteiger partial charge in [-0.05, 0) is 396 Å². The molecule has 684 valence electrons. The zero-order valence-electron chi connectivity index (χ0n) is 75.1. The Labute approximate surface area is 816 Å². The van der Waals surface area contributed by atoms with Crippen LogP contribution in [0.5, 0.6) is 0 Å². The van der Waals surface area contributed by atoms with Gasteiger partial charge in [0.25, 0.3) is 0 Å². The van der Waals surface area contributed by atoms with Crippen LogP contribution in [0, 0.1) is 52.7 Å². The van der Waals surface area contributed by atoms with Gasteiger partial charge >= 0.3 is 0 Å². The van der Waals surface area contributed by atoms with Gasteiger partial charge in [-0.15, -0.1) is 0 Å². The smallest absolute Gasteiger partial charge is 0.227 e. The molecule has 18 rings (SSSR count).